The highest BCUT2D eigenvalue weighted by Crippen LogP contribution is 2.13. The van der Waals surface area contributed by atoms with Crippen LogP contribution in [-0.2, 0) is 17.6 Å². The van der Waals surface area contributed by atoms with E-state index in [1.165, 1.54) is 4.88 Å². The van der Waals surface area contributed by atoms with Crippen molar-refractivity contribution in [3.63, 3.8) is 0 Å². The van der Waals surface area contributed by atoms with Gasteiger partial charge >= 0.3 is 0 Å². The Kier molecular flexibility index (Phi) is 12.8. The molecule has 1 rings (SSSR count). The molecule has 1 heterocycles. The van der Waals surface area contributed by atoms with Gasteiger partial charge in [-0.2, -0.15) is 0 Å². The Balaban J connectivity index is 0.00000576. The highest BCUT2D eigenvalue weighted by atomic mass is 127. The normalized spacial score (nSPS) is 11.0. The molecule has 0 bridgehead atoms. The molecule has 8 heteroatoms. The molecule has 144 valence electrons. The van der Waals surface area contributed by atoms with Crippen LogP contribution >= 0.6 is 35.3 Å². The number of carbonyl (C=O) groups is 1. The van der Waals surface area contributed by atoms with Gasteiger partial charge in [-0.3, -0.25) is 9.79 Å². The zero-order valence-corrected chi connectivity index (χ0v) is 19.2. The van der Waals surface area contributed by atoms with E-state index in [1.807, 2.05) is 43.8 Å². The number of halogens is 1. The molecule has 0 aliphatic heterocycles. The number of aliphatic imine (C=N–C) groups is 1. The predicted molar refractivity (Wildman–Crippen MR) is 117 cm³/mol. The Labute approximate surface area is 173 Å². The van der Waals surface area contributed by atoms with E-state index in [0.717, 1.165) is 43.4 Å². The molecule has 1 aromatic heterocycles. The minimum Gasteiger partial charge on any atom is -0.357 e. The van der Waals surface area contributed by atoms with Crippen LogP contribution in [0.4, 0.5) is 0 Å². The fourth-order valence-electron chi connectivity index (χ4n) is 2.31. The Morgan fingerprint density at radius 2 is 1.96 bits per heavy atom. The van der Waals surface area contributed by atoms with Gasteiger partial charge in [0.15, 0.2) is 5.96 Å². The van der Waals surface area contributed by atoms with Gasteiger partial charge in [0, 0.05) is 50.7 Å². The van der Waals surface area contributed by atoms with E-state index in [4.69, 9.17) is 0 Å². The first kappa shape index (κ1) is 24.1. The molecule has 0 unspecified atom stereocenters. The van der Waals surface area contributed by atoms with E-state index in [0.29, 0.717) is 13.1 Å². The van der Waals surface area contributed by atoms with Gasteiger partial charge in [-0.1, -0.05) is 6.92 Å². The lowest BCUT2D eigenvalue weighted by Crippen LogP contribution is -2.45. The number of carbonyl (C=O) groups excluding carboxylic acids is 1. The van der Waals surface area contributed by atoms with Crippen LogP contribution in [0.15, 0.2) is 11.2 Å². The molecule has 0 atom stereocenters. The van der Waals surface area contributed by atoms with E-state index < -0.39 is 0 Å². The van der Waals surface area contributed by atoms with Gasteiger partial charge in [0.2, 0.25) is 5.91 Å². The molecule has 0 aromatic carbocycles. The number of thiazole rings is 1. The molecule has 1 amide bonds. The summed E-state index contributed by atoms with van der Waals surface area (Å²) in [7, 11) is 1.90. The van der Waals surface area contributed by atoms with E-state index in [9.17, 15) is 4.79 Å². The lowest BCUT2D eigenvalue weighted by Gasteiger charge is -2.25. The summed E-state index contributed by atoms with van der Waals surface area (Å²) < 4.78 is 0. The molecule has 6 nitrogen and oxygen atoms in total. The third kappa shape index (κ3) is 8.35. The number of likely N-dealkylation sites (N-methyl/N-ethyl adjacent to an activating group) is 2. The van der Waals surface area contributed by atoms with Crippen LogP contribution in [0.3, 0.4) is 0 Å². The number of nitrogens with zero attached hydrogens (tertiary/aromatic N) is 4. The standard InChI is InChI=1S/C17H31N5OS.HI/c1-6-14-12-20-15(24-14)10-11-19-17(18-7-2)21(5)13-16(23)22(8-3)9-4;/h12H,6-11,13H2,1-5H3,(H,18,19);1H. The summed E-state index contributed by atoms with van der Waals surface area (Å²) in [6, 6.07) is 0. The van der Waals surface area contributed by atoms with Crippen molar-refractivity contribution in [3.8, 4) is 0 Å². The first-order valence-corrected chi connectivity index (χ1v) is 9.57. The van der Waals surface area contributed by atoms with E-state index in [-0.39, 0.29) is 29.9 Å². The maximum atomic E-state index is 12.2. The summed E-state index contributed by atoms with van der Waals surface area (Å²) in [5, 5.41) is 4.37. The van der Waals surface area contributed by atoms with Gasteiger partial charge in [-0.05, 0) is 27.2 Å². The Morgan fingerprint density at radius 1 is 1.28 bits per heavy atom. The third-order valence-corrected chi connectivity index (χ3v) is 4.92. The fourth-order valence-corrected chi connectivity index (χ4v) is 3.16. The van der Waals surface area contributed by atoms with Crippen LogP contribution in [0.5, 0.6) is 0 Å². The molecule has 25 heavy (non-hydrogen) atoms. The smallest absolute Gasteiger partial charge is 0.242 e. The number of amides is 1. The van der Waals surface area contributed by atoms with Gasteiger partial charge in [0.1, 0.15) is 0 Å². The van der Waals surface area contributed by atoms with E-state index in [1.54, 1.807) is 11.3 Å². The third-order valence-electron chi connectivity index (χ3n) is 3.72. The largest absolute Gasteiger partial charge is 0.357 e. The summed E-state index contributed by atoms with van der Waals surface area (Å²) in [6.45, 7) is 11.4. The van der Waals surface area contributed by atoms with Crippen LogP contribution in [0, 0.1) is 0 Å². The highest BCUT2D eigenvalue weighted by molar-refractivity contribution is 14.0. The molecule has 0 saturated carbocycles. The van der Waals surface area contributed by atoms with Crippen molar-refractivity contribution in [2.45, 2.75) is 40.5 Å². The van der Waals surface area contributed by atoms with Crippen LogP contribution in [-0.4, -0.2) is 66.4 Å². The lowest BCUT2D eigenvalue weighted by molar-refractivity contribution is -0.131. The van der Waals surface area contributed by atoms with Crippen molar-refractivity contribution >= 4 is 47.2 Å². The average molecular weight is 481 g/mol. The average Bonchev–Trinajstić information content (AvgIpc) is 3.03. The lowest BCUT2D eigenvalue weighted by atomic mass is 10.4. The maximum Gasteiger partial charge on any atom is 0.242 e. The first-order valence-electron chi connectivity index (χ1n) is 8.76. The number of hydrogen-bond acceptors (Lipinski definition) is 4. The second-order valence-electron chi connectivity index (χ2n) is 5.48. The Hall–Kier alpha value is -0.900. The van der Waals surface area contributed by atoms with Gasteiger partial charge in [-0.25, -0.2) is 4.98 Å². The van der Waals surface area contributed by atoms with Crippen molar-refractivity contribution in [2.24, 2.45) is 4.99 Å². The monoisotopic (exact) mass is 481 g/mol. The van der Waals surface area contributed by atoms with Gasteiger partial charge < -0.3 is 15.1 Å². The zero-order chi connectivity index (χ0) is 17.9. The number of hydrogen-bond donors (Lipinski definition) is 1. The quantitative estimate of drug-likeness (QED) is 0.335. The predicted octanol–water partition coefficient (Wildman–Crippen LogP) is 2.63. The summed E-state index contributed by atoms with van der Waals surface area (Å²) in [5.41, 5.74) is 0. The first-order chi connectivity index (χ1) is 11.5. The number of rotatable bonds is 9. The van der Waals surface area contributed by atoms with Crippen molar-refractivity contribution in [3.05, 3.63) is 16.1 Å². The van der Waals surface area contributed by atoms with Crippen molar-refractivity contribution < 1.29 is 4.79 Å². The molecule has 0 aliphatic rings. The minimum atomic E-state index is 0. The molecular formula is C17H32IN5OS. The fraction of sp³-hybridized carbons (Fsp3) is 0.706. The van der Waals surface area contributed by atoms with Crippen molar-refractivity contribution in [1.29, 1.82) is 0 Å². The molecule has 0 spiro atoms. The van der Waals surface area contributed by atoms with Crippen LogP contribution in [0.2, 0.25) is 0 Å². The molecular weight excluding hydrogens is 449 g/mol. The molecule has 0 fully saturated rings. The highest BCUT2D eigenvalue weighted by Gasteiger charge is 2.14. The van der Waals surface area contributed by atoms with Crippen LogP contribution in [0.25, 0.3) is 0 Å². The molecule has 0 aliphatic carbocycles. The maximum absolute atomic E-state index is 12.2. The van der Waals surface area contributed by atoms with Crippen molar-refractivity contribution in [1.82, 2.24) is 20.1 Å². The minimum absolute atomic E-state index is 0. The Morgan fingerprint density at radius 3 is 2.48 bits per heavy atom. The number of aryl methyl sites for hydroxylation is 1. The number of aromatic nitrogens is 1. The van der Waals surface area contributed by atoms with Gasteiger partial charge in [-0.15, -0.1) is 35.3 Å². The zero-order valence-electron chi connectivity index (χ0n) is 16.0. The second kappa shape index (κ2) is 13.3. The second-order valence-corrected chi connectivity index (χ2v) is 6.68. The summed E-state index contributed by atoms with van der Waals surface area (Å²) in [4.78, 5) is 26.3. The molecule has 1 aromatic rings. The molecule has 0 saturated heterocycles. The number of nitrogens with one attached hydrogen (secondary N) is 1. The van der Waals surface area contributed by atoms with E-state index in [2.05, 4.69) is 22.2 Å². The summed E-state index contributed by atoms with van der Waals surface area (Å²) in [6.07, 6.45) is 3.81. The SMILES string of the molecule is CCNC(=NCCc1ncc(CC)s1)N(C)CC(=O)N(CC)CC.I. The molecule has 1 N–H and O–H groups in total. The summed E-state index contributed by atoms with van der Waals surface area (Å²) in [5.74, 6) is 0.894. The topological polar surface area (TPSA) is 60.8 Å². The molecule has 0 radical (unpaired) electrons. The van der Waals surface area contributed by atoms with Crippen LogP contribution < -0.4 is 5.32 Å². The van der Waals surface area contributed by atoms with Crippen molar-refractivity contribution in [2.75, 3.05) is 39.8 Å². The number of guanidine groups is 1. The van der Waals surface area contributed by atoms with Gasteiger partial charge in [0.05, 0.1) is 11.6 Å². The van der Waals surface area contributed by atoms with E-state index >= 15 is 0 Å². The summed E-state index contributed by atoms with van der Waals surface area (Å²) >= 11 is 1.75. The Bertz CT molecular complexity index is 531. The van der Waals surface area contributed by atoms with Gasteiger partial charge in [0.25, 0.3) is 0 Å². The van der Waals surface area contributed by atoms with Crippen LogP contribution in [0.1, 0.15) is 37.6 Å².